The highest BCUT2D eigenvalue weighted by molar-refractivity contribution is 6.32. The predicted molar refractivity (Wildman–Crippen MR) is 144 cm³/mol. The smallest absolute Gasteiger partial charge is 0.238 e. The number of rotatable bonds is 11. The lowest BCUT2D eigenvalue weighted by Gasteiger charge is -2.34. The van der Waals surface area contributed by atoms with Crippen molar-refractivity contribution >= 4 is 23.2 Å². The molecule has 1 fully saturated rings. The van der Waals surface area contributed by atoms with E-state index in [1.807, 2.05) is 72.8 Å². The van der Waals surface area contributed by atoms with Crippen LogP contribution in [0.15, 0.2) is 78.9 Å². The third-order valence-electron chi connectivity index (χ3n) is 6.53. The molecule has 1 amide bonds. The number of carbonyl (C=O) groups excluding carboxylic acids is 1. The molecule has 1 unspecified atom stereocenters. The molecule has 1 saturated carbocycles. The van der Waals surface area contributed by atoms with Gasteiger partial charge in [0.25, 0.3) is 0 Å². The van der Waals surface area contributed by atoms with Crippen molar-refractivity contribution in [3.8, 4) is 17.2 Å². The van der Waals surface area contributed by atoms with Gasteiger partial charge in [0.2, 0.25) is 5.91 Å². The Morgan fingerprint density at radius 2 is 1.71 bits per heavy atom. The Bertz CT molecular complexity index is 1300. The molecule has 2 N–H and O–H groups in total. The summed E-state index contributed by atoms with van der Waals surface area (Å²) in [4.78, 5) is 15.4. The molecule has 1 aliphatic rings. The Kier molecular flexibility index (Phi) is 8.47. The van der Waals surface area contributed by atoms with Gasteiger partial charge < -0.3 is 14.8 Å². The van der Waals surface area contributed by atoms with Crippen LogP contribution in [0.1, 0.15) is 37.5 Å². The number of anilines is 1. The Morgan fingerprint density at radius 1 is 1.00 bits per heavy atom. The van der Waals surface area contributed by atoms with E-state index in [1.165, 1.54) is 0 Å². The van der Waals surface area contributed by atoms with Gasteiger partial charge in [0, 0.05) is 11.7 Å². The Balaban J connectivity index is 1.28. The maximum atomic E-state index is 13.2. The molecule has 9 nitrogen and oxygen atoms in total. The van der Waals surface area contributed by atoms with Crippen LogP contribution in [0, 0.1) is 0 Å². The highest BCUT2D eigenvalue weighted by atomic mass is 35.5. The van der Waals surface area contributed by atoms with Crippen LogP contribution in [0.4, 0.5) is 5.69 Å². The maximum Gasteiger partial charge on any atom is 0.238 e. The average molecular weight is 533 g/mol. The molecule has 38 heavy (non-hydrogen) atoms. The number of amides is 1. The summed E-state index contributed by atoms with van der Waals surface area (Å²) in [5.41, 5.74) is 0.685. The van der Waals surface area contributed by atoms with E-state index >= 15 is 0 Å². The summed E-state index contributed by atoms with van der Waals surface area (Å²) in [5, 5.41) is 18.3. The van der Waals surface area contributed by atoms with Gasteiger partial charge in [0.05, 0.1) is 11.6 Å². The molecule has 196 valence electrons. The lowest BCUT2D eigenvalue weighted by Crippen LogP contribution is -2.44. The summed E-state index contributed by atoms with van der Waals surface area (Å²) in [5.74, 6) is 2.34. The van der Waals surface area contributed by atoms with Gasteiger partial charge in [-0.1, -0.05) is 60.0 Å². The van der Waals surface area contributed by atoms with Crippen LogP contribution in [-0.2, 0) is 4.79 Å². The van der Waals surface area contributed by atoms with Gasteiger partial charge >= 0.3 is 0 Å². The van der Waals surface area contributed by atoms with Crippen molar-refractivity contribution in [2.24, 2.45) is 0 Å². The topological polar surface area (TPSA) is 105 Å². The SMILES string of the molecule is O=C(CN(C1CCCC1)C(COc1ccccc1Cl)c1nn[nH]n1)Nc1ccc(Oc2ccccc2)cc1. The zero-order valence-corrected chi connectivity index (χ0v) is 21.6. The molecule has 10 heteroatoms. The summed E-state index contributed by atoms with van der Waals surface area (Å²) in [7, 11) is 0. The van der Waals surface area contributed by atoms with Crippen molar-refractivity contribution in [3.05, 3.63) is 89.7 Å². The van der Waals surface area contributed by atoms with E-state index in [0.29, 0.717) is 28.0 Å². The quantitative estimate of drug-likeness (QED) is 0.257. The first-order valence-corrected chi connectivity index (χ1v) is 13.0. The number of hydrogen-bond donors (Lipinski definition) is 2. The van der Waals surface area contributed by atoms with Gasteiger partial charge in [-0.2, -0.15) is 5.21 Å². The fourth-order valence-electron chi connectivity index (χ4n) is 4.69. The number of tetrazole rings is 1. The summed E-state index contributed by atoms with van der Waals surface area (Å²) < 4.78 is 11.9. The number of nitrogens with one attached hydrogen (secondary N) is 2. The minimum atomic E-state index is -0.388. The first-order chi connectivity index (χ1) is 18.7. The number of hydrogen-bond acceptors (Lipinski definition) is 7. The van der Waals surface area contributed by atoms with Crippen LogP contribution in [0.2, 0.25) is 5.02 Å². The molecule has 4 aromatic rings. The fraction of sp³-hybridized carbons (Fsp3) is 0.286. The largest absolute Gasteiger partial charge is 0.490 e. The van der Waals surface area contributed by atoms with Gasteiger partial charge in [-0.3, -0.25) is 9.69 Å². The summed E-state index contributed by atoms with van der Waals surface area (Å²) in [6.07, 6.45) is 4.19. The molecule has 1 heterocycles. The van der Waals surface area contributed by atoms with Gasteiger partial charge in [-0.25, -0.2) is 0 Å². The molecular weight excluding hydrogens is 504 g/mol. The highest BCUT2D eigenvalue weighted by Crippen LogP contribution is 2.32. The first kappa shape index (κ1) is 25.7. The molecule has 1 aliphatic carbocycles. The van der Waals surface area contributed by atoms with Crippen molar-refractivity contribution in [2.45, 2.75) is 37.8 Å². The molecule has 1 aromatic heterocycles. The number of benzene rings is 3. The van der Waals surface area contributed by atoms with Gasteiger partial charge in [0.15, 0.2) is 5.82 Å². The van der Waals surface area contributed by atoms with Crippen LogP contribution in [0.3, 0.4) is 0 Å². The monoisotopic (exact) mass is 532 g/mol. The van der Waals surface area contributed by atoms with Crippen LogP contribution < -0.4 is 14.8 Å². The van der Waals surface area contributed by atoms with Crippen molar-refractivity contribution in [2.75, 3.05) is 18.5 Å². The minimum Gasteiger partial charge on any atom is -0.490 e. The third kappa shape index (κ3) is 6.67. The van der Waals surface area contributed by atoms with Gasteiger partial charge in [-0.15, -0.1) is 10.2 Å². The van der Waals surface area contributed by atoms with E-state index < -0.39 is 0 Å². The molecule has 3 aromatic carbocycles. The molecule has 5 rings (SSSR count). The molecular formula is C28H29ClN6O3. The highest BCUT2D eigenvalue weighted by Gasteiger charge is 2.34. The second kappa shape index (κ2) is 12.5. The number of carbonyl (C=O) groups is 1. The third-order valence-corrected chi connectivity index (χ3v) is 6.84. The second-order valence-corrected chi connectivity index (χ2v) is 9.53. The Hall–Kier alpha value is -3.95. The number of halogens is 1. The van der Waals surface area contributed by atoms with E-state index in [2.05, 4.69) is 30.8 Å². The lowest BCUT2D eigenvalue weighted by atomic mass is 10.1. The van der Waals surface area contributed by atoms with Crippen LogP contribution >= 0.6 is 11.6 Å². The average Bonchev–Trinajstić information content (AvgIpc) is 3.66. The number of aromatic nitrogens is 4. The molecule has 0 aliphatic heterocycles. The van der Waals surface area contributed by atoms with E-state index in [9.17, 15) is 4.79 Å². The van der Waals surface area contributed by atoms with E-state index in [1.54, 1.807) is 6.07 Å². The predicted octanol–water partition coefficient (Wildman–Crippen LogP) is 5.65. The number of aromatic amines is 1. The number of nitrogens with zero attached hydrogens (tertiary/aromatic N) is 4. The van der Waals surface area contributed by atoms with E-state index in [-0.39, 0.29) is 31.1 Å². The Morgan fingerprint density at radius 3 is 2.42 bits per heavy atom. The first-order valence-electron chi connectivity index (χ1n) is 12.6. The zero-order chi connectivity index (χ0) is 26.2. The van der Waals surface area contributed by atoms with Gasteiger partial charge in [-0.05, 0) is 61.4 Å². The zero-order valence-electron chi connectivity index (χ0n) is 20.8. The molecule has 0 bridgehead atoms. The maximum absolute atomic E-state index is 13.2. The molecule has 1 atom stereocenters. The standard InChI is InChI=1S/C28H29ClN6O3/c29-24-12-6-7-13-26(24)37-19-25(28-31-33-34-32-28)35(21-8-4-5-9-21)18-27(36)30-20-14-16-23(17-15-20)38-22-10-2-1-3-11-22/h1-3,6-7,10-17,21,25H,4-5,8-9,18-19H2,(H,30,36)(H,31,32,33,34). The number of H-pyrrole nitrogens is 1. The number of para-hydroxylation sites is 2. The second-order valence-electron chi connectivity index (χ2n) is 9.13. The fourth-order valence-corrected chi connectivity index (χ4v) is 4.88. The van der Waals surface area contributed by atoms with E-state index in [4.69, 9.17) is 21.1 Å². The molecule has 0 radical (unpaired) electrons. The molecule has 0 spiro atoms. The van der Waals surface area contributed by atoms with Crippen LogP contribution in [0.25, 0.3) is 0 Å². The van der Waals surface area contributed by atoms with Crippen LogP contribution in [-0.4, -0.2) is 50.6 Å². The number of ether oxygens (including phenoxy) is 2. The molecule has 0 saturated heterocycles. The van der Waals surface area contributed by atoms with Crippen LogP contribution in [0.5, 0.6) is 17.2 Å². The van der Waals surface area contributed by atoms with Crippen molar-refractivity contribution in [1.82, 2.24) is 25.5 Å². The minimum absolute atomic E-state index is 0.139. The van der Waals surface area contributed by atoms with Crippen molar-refractivity contribution in [3.63, 3.8) is 0 Å². The summed E-state index contributed by atoms with van der Waals surface area (Å²) in [6, 6.07) is 24.0. The van der Waals surface area contributed by atoms with Gasteiger partial charge in [0.1, 0.15) is 29.9 Å². The summed E-state index contributed by atoms with van der Waals surface area (Å²) in [6.45, 7) is 0.372. The lowest BCUT2D eigenvalue weighted by molar-refractivity contribution is -0.118. The summed E-state index contributed by atoms with van der Waals surface area (Å²) >= 11 is 6.31. The normalized spacial score (nSPS) is 14.4. The van der Waals surface area contributed by atoms with Crippen molar-refractivity contribution in [1.29, 1.82) is 0 Å². The van der Waals surface area contributed by atoms with Crippen molar-refractivity contribution < 1.29 is 14.3 Å². The Labute approximate surface area is 226 Å². The van der Waals surface area contributed by atoms with E-state index in [0.717, 1.165) is 31.4 Å².